The van der Waals surface area contributed by atoms with Crippen molar-refractivity contribution in [3.05, 3.63) is 95.0 Å². The summed E-state index contributed by atoms with van der Waals surface area (Å²) in [5.41, 5.74) is 2.22. The molecule has 3 aromatic carbocycles. The maximum Gasteiger partial charge on any atom is 0.534 e. The molecule has 0 saturated heterocycles. The number of hydrogen-bond donors (Lipinski definition) is 1. The number of alkyl halides is 3. The van der Waals surface area contributed by atoms with E-state index in [1.807, 2.05) is 36.4 Å². The highest BCUT2D eigenvalue weighted by Crippen LogP contribution is 2.40. The Bertz CT molecular complexity index is 1380. The van der Waals surface area contributed by atoms with Crippen molar-refractivity contribution in [3.8, 4) is 17.2 Å². The van der Waals surface area contributed by atoms with Crippen LogP contribution in [0, 0.1) is 0 Å². The van der Waals surface area contributed by atoms with Crippen LogP contribution in [0.25, 0.3) is 0 Å². The van der Waals surface area contributed by atoms with Gasteiger partial charge in [0.1, 0.15) is 22.8 Å². The van der Waals surface area contributed by atoms with Crippen LogP contribution in [0.5, 0.6) is 17.2 Å². The summed E-state index contributed by atoms with van der Waals surface area (Å²) in [4.78, 5) is 4.64. The molecule has 1 aliphatic rings. The zero-order valence-electron chi connectivity index (χ0n) is 17.9. The highest BCUT2D eigenvalue weighted by molar-refractivity contribution is 7.88. The average Bonchev–Trinajstić information content (AvgIpc) is 3.27. The number of allylic oxidation sites excluding steroid dienone is 1. The first-order chi connectivity index (χ1) is 16.5. The number of nitrogen functional groups attached to an aromatic ring is 1. The van der Waals surface area contributed by atoms with E-state index in [0.29, 0.717) is 22.9 Å². The van der Waals surface area contributed by atoms with Crippen molar-refractivity contribution in [2.24, 2.45) is 4.99 Å². The molecule has 1 heterocycles. The molecule has 4 rings (SSSR count). The molecule has 1 aliphatic heterocycles. The molecule has 0 bridgehead atoms. The number of benzene rings is 3. The first-order valence-electron chi connectivity index (χ1n) is 10.1. The number of aliphatic imine (C=N–C) groups is 1. The minimum Gasteiger partial charge on any atom is -0.457 e. The summed E-state index contributed by atoms with van der Waals surface area (Å²) >= 11 is 6.21. The monoisotopic (exact) mass is 522 g/mol. The maximum atomic E-state index is 12.4. The first kappa shape index (κ1) is 24.6. The fourth-order valence-electron chi connectivity index (χ4n) is 3.55. The molecule has 1 unspecified atom stereocenters. The molecule has 2 N–H and O–H groups in total. The second kappa shape index (κ2) is 9.27. The number of rotatable bonds is 7. The second-order valence-corrected chi connectivity index (χ2v) is 9.59. The average molecular weight is 523 g/mol. The Morgan fingerprint density at radius 1 is 0.943 bits per heavy atom. The predicted molar refractivity (Wildman–Crippen MR) is 127 cm³/mol. The van der Waals surface area contributed by atoms with Crippen molar-refractivity contribution in [2.45, 2.75) is 17.5 Å². The van der Waals surface area contributed by atoms with Crippen LogP contribution in [0.2, 0.25) is 5.02 Å². The molecule has 6 nitrogen and oxygen atoms in total. The van der Waals surface area contributed by atoms with Gasteiger partial charge in [-0.15, -0.1) is 0 Å². The Morgan fingerprint density at radius 3 is 2.11 bits per heavy atom. The van der Waals surface area contributed by atoms with Crippen LogP contribution in [-0.2, 0) is 22.1 Å². The van der Waals surface area contributed by atoms with E-state index in [9.17, 15) is 21.6 Å². The molecule has 0 aromatic heterocycles. The van der Waals surface area contributed by atoms with Gasteiger partial charge in [-0.05, 0) is 54.1 Å². The number of hydrogen-bond acceptors (Lipinski definition) is 6. The molecule has 11 heteroatoms. The lowest BCUT2D eigenvalue weighted by atomic mass is 9.84. The molecule has 0 amide bonds. The highest BCUT2D eigenvalue weighted by atomic mass is 35.5. The number of nitrogens with two attached hydrogens (primary N) is 1. The summed E-state index contributed by atoms with van der Waals surface area (Å²) in [6, 6.07) is 17.3. The predicted octanol–water partition coefficient (Wildman–Crippen LogP) is 6.02. The standard InChI is InChI=1S/C24H18ClF3N2O4S/c25-21-4-1-3-20(22(21)29)23(13-2-14-30-23)15-16-5-7-17(8-6-16)33-18-9-11-19(12-10-18)34-35(31,32)24(26,27)28/h1-14H,15,29H2. The van der Waals surface area contributed by atoms with Gasteiger partial charge in [-0.3, -0.25) is 4.99 Å². The van der Waals surface area contributed by atoms with Crippen molar-refractivity contribution in [1.82, 2.24) is 0 Å². The third kappa shape index (κ3) is 5.28. The van der Waals surface area contributed by atoms with E-state index < -0.39 is 26.9 Å². The molecule has 0 saturated carbocycles. The molecule has 35 heavy (non-hydrogen) atoms. The summed E-state index contributed by atoms with van der Waals surface area (Å²) in [6.07, 6.45) is 6.04. The van der Waals surface area contributed by atoms with E-state index in [1.165, 1.54) is 12.1 Å². The lowest BCUT2D eigenvalue weighted by Crippen LogP contribution is -2.27. The van der Waals surface area contributed by atoms with E-state index in [-0.39, 0.29) is 5.75 Å². The Hall–Kier alpha value is -3.50. The van der Waals surface area contributed by atoms with Crippen molar-refractivity contribution < 1.29 is 30.5 Å². The van der Waals surface area contributed by atoms with Crippen molar-refractivity contribution in [1.29, 1.82) is 0 Å². The van der Waals surface area contributed by atoms with Gasteiger partial charge in [0.25, 0.3) is 0 Å². The van der Waals surface area contributed by atoms with Crippen LogP contribution < -0.4 is 14.7 Å². The van der Waals surface area contributed by atoms with Crippen molar-refractivity contribution in [2.75, 3.05) is 5.73 Å². The minimum atomic E-state index is -5.74. The molecule has 0 spiro atoms. The fraction of sp³-hybridized carbons (Fsp3) is 0.125. The van der Waals surface area contributed by atoms with Crippen LogP contribution in [0.4, 0.5) is 18.9 Å². The van der Waals surface area contributed by atoms with Crippen LogP contribution >= 0.6 is 11.6 Å². The topological polar surface area (TPSA) is 91.0 Å². The van der Waals surface area contributed by atoms with E-state index in [4.69, 9.17) is 22.1 Å². The first-order valence-corrected chi connectivity index (χ1v) is 11.9. The lowest BCUT2D eigenvalue weighted by molar-refractivity contribution is -0.0500. The van der Waals surface area contributed by atoms with Gasteiger partial charge in [0.15, 0.2) is 0 Å². The number of nitrogens with zero attached hydrogens (tertiary/aromatic N) is 1. The molecule has 0 aliphatic carbocycles. The zero-order chi connectivity index (χ0) is 25.3. The summed E-state index contributed by atoms with van der Waals surface area (Å²) in [5.74, 6) is 0.258. The van der Waals surface area contributed by atoms with E-state index in [1.54, 1.807) is 24.4 Å². The number of ether oxygens (including phenoxy) is 1. The van der Waals surface area contributed by atoms with Gasteiger partial charge in [0.05, 0.1) is 10.7 Å². The van der Waals surface area contributed by atoms with Gasteiger partial charge < -0.3 is 14.7 Å². The Morgan fingerprint density at radius 2 is 1.54 bits per heavy atom. The third-order valence-electron chi connectivity index (χ3n) is 5.23. The Labute approximate surface area is 204 Å². The van der Waals surface area contributed by atoms with Gasteiger partial charge in [-0.2, -0.15) is 21.6 Å². The Balaban J connectivity index is 1.46. The minimum absolute atomic E-state index is 0.279. The summed E-state index contributed by atoms with van der Waals surface area (Å²) in [6.45, 7) is 0. The van der Waals surface area contributed by atoms with Crippen LogP contribution in [0.3, 0.4) is 0 Å². The zero-order valence-corrected chi connectivity index (χ0v) is 19.4. The maximum absolute atomic E-state index is 12.4. The van der Waals surface area contributed by atoms with Gasteiger partial charge in [0, 0.05) is 18.2 Å². The molecule has 1 atom stereocenters. The van der Waals surface area contributed by atoms with Gasteiger partial charge in [-0.1, -0.05) is 41.9 Å². The van der Waals surface area contributed by atoms with Crippen LogP contribution in [0.1, 0.15) is 11.1 Å². The van der Waals surface area contributed by atoms with E-state index >= 15 is 0 Å². The quantitative estimate of drug-likeness (QED) is 0.233. The number of anilines is 1. The SMILES string of the molecule is Nc1c(Cl)cccc1C1(Cc2ccc(Oc3ccc(OS(=O)(=O)C(F)(F)F)cc3)cc2)C=CC=N1. The van der Waals surface area contributed by atoms with Gasteiger partial charge in [0.2, 0.25) is 0 Å². The van der Waals surface area contributed by atoms with Crippen molar-refractivity contribution >= 4 is 33.6 Å². The number of para-hydroxylation sites is 1. The molecular weight excluding hydrogens is 505 g/mol. The van der Waals surface area contributed by atoms with Crippen LogP contribution in [-0.4, -0.2) is 20.1 Å². The van der Waals surface area contributed by atoms with Crippen molar-refractivity contribution in [3.63, 3.8) is 0 Å². The van der Waals surface area contributed by atoms with E-state index in [2.05, 4.69) is 9.18 Å². The molecule has 0 fully saturated rings. The van der Waals surface area contributed by atoms with Gasteiger partial charge in [-0.25, -0.2) is 0 Å². The molecular formula is C24H18ClF3N2O4S. The normalized spacial score (nSPS) is 17.5. The highest BCUT2D eigenvalue weighted by Gasteiger charge is 2.48. The number of halogens is 4. The third-order valence-corrected chi connectivity index (χ3v) is 6.54. The Kier molecular flexibility index (Phi) is 6.52. The smallest absolute Gasteiger partial charge is 0.457 e. The summed E-state index contributed by atoms with van der Waals surface area (Å²) < 4.78 is 69.3. The van der Waals surface area contributed by atoms with E-state index in [0.717, 1.165) is 23.3 Å². The molecule has 0 radical (unpaired) electrons. The molecule has 3 aromatic rings. The summed E-state index contributed by atoms with van der Waals surface area (Å²) in [5, 5.41) is 0.452. The largest absolute Gasteiger partial charge is 0.534 e. The second-order valence-electron chi connectivity index (χ2n) is 7.64. The fourth-order valence-corrected chi connectivity index (χ4v) is 4.19. The molecule has 182 valence electrons. The summed E-state index contributed by atoms with van der Waals surface area (Å²) in [7, 11) is -5.74. The van der Waals surface area contributed by atoms with Crippen LogP contribution in [0.15, 0.2) is 83.9 Å². The van der Waals surface area contributed by atoms with Gasteiger partial charge >= 0.3 is 15.6 Å². The lowest BCUT2D eigenvalue weighted by Gasteiger charge is -2.27.